The van der Waals surface area contributed by atoms with Gasteiger partial charge in [-0.1, -0.05) is 0 Å². The topological polar surface area (TPSA) is 81.9 Å². The molecule has 1 amide bonds. The molecule has 0 saturated heterocycles. The molecule has 1 atom stereocenters. The Balaban J connectivity index is 1.32. The molecule has 0 aromatic carbocycles. The van der Waals surface area contributed by atoms with E-state index in [2.05, 4.69) is 31.2 Å². The van der Waals surface area contributed by atoms with Gasteiger partial charge in [-0.2, -0.15) is 5.10 Å². The van der Waals surface area contributed by atoms with Crippen molar-refractivity contribution < 1.29 is 22.7 Å². The van der Waals surface area contributed by atoms with E-state index >= 15 is 0 Å². The van der Waals surface area contributed by atoms with Gasteiger partial charge in [-0.3, -0.25) is 14.5 Å². The van der Waals surface area contributed by atoms with E-state index in [0.717, 1.165) is 47.8 Å². The summed E-state index contributed by atoms with van der Waals surface area (Å²) in [6.07, 6.45) is 0.992. The standard InChI is InChI=1S/C21H18F3N5O2/c22-21(23,24)31-19-10-14(4-7-26-19)20(30)27-15-5-8-29-18(15)11-17(28-29)13-3-6-25-16(9-13)12-1-2-12/h3-4,6-7,9-12,15H,1-2,5,8H2,(H,27,30)/t15-/m1/s1. The molecule has 0 radical (unpaired) electrons. The van der Waals surface area contributed by atoms with Crippen molar-refractivity contribution in [2.45, 2.75) is 44.1 Å². The van der Waals surface area contributed by atoms with E-state index in [9.17, 15) is 18.0 Å². The van der Waals surface area contributed by atoms with E-state index in [0.29, 0.717) is 18.9 Å². The van der Waals surface area contributed by atoms with Crippen LogP contribution in [0.2, 0.25) is 0 Å². The summed E-state index contributed by atoms with van der Waals surface area (Å²) in [5, 5.41) is 7.52. The van der Waals surface area contributed by atoms with Crippen molar-refractivity contribution in [1.29, 1.82) is 0 Å². The zero-order chi connectivity index (χ0) is 21.6. The van der Waals surface area contributed by atoms with Gasteiger partial charge in [0, 0.05) is 47.7 Å². The first-order valence-electron chi connectivity index (χ1n) is 9.92. The van der Waals surface area contributed by atoms with Gasteiger partial charge in [0.2, 0.25) is 5.88 Å². The van der Waals surface area contributed by atoms with E-state index in [1.165, 1.54) is 6.07 Å². The highest BCUT2D eigenvalue weighted by Crippen LogP contribution is 2.40. The Bertz CT molecular complexity index is 1140. The molecule has 0 spiro atoms. The van der Waals surface area contributed by atoms with E-state index in [1.807, 2.05) is 16.8 Å². The second-order valence-electron chi connectivity index (χ2n) is 7.67. The summed E-state index contributed by atoms with van der Waals surface area (Å²) in [5.41, 5.74) is 3.75. The fourth-order valence-electron chi connectivity index (χ4n) is 3.75. The molecule has 3 aromatic rings. The van der Waals surface area contributed by atoms with E-state index in [-0.39, 0.29) is 11.6 Å². The maximum Gasteiger partial charge on any atom is 0.574 e. The number of hydrogen-bond donors (Lipinski definition) is 1. The number of carbonyl (C=O) groups is 1. The largest absolute Gasteiger partial charge is 0.574 e. The van der Waals surface area contributed by atoms with Crippen molar-refractivity contribution in [1.82, 2.24) is 25.1 Å². The second-order valence-corrected chi connectivity index (χ2v) is 7.67. The molecule has 1 aliphatic heterocycles. The van der Waals surface area contributed by atoms with Crippen molar-refractivity contribution in [3.8, 4) is 17.1 Å². The molecule has 31 heavy (non-hydrogen) atoms. The average Bonchev–Trinajstić information content (AvgIpc) is 3.39. The molecule has 3 aromatic heterocycles. The molecule has 1 saturated carbocycles. The molecular weight excluding hydrogens is 411 g/mol. The third-order valence-corrected chi connectivity index (χ3v) is 5.39. The number of hydrogen-bond acceptors (Lipinski definition) is 5. The molecule has 7 nitrogen and oxygen atoms in total. The van der Waals surface area contributed by atoms with Gasteiger partial charge in [0.05, 0.1) is 17.4 Å². The van der Waals surface area contributed by atoms with E-state index < -0.39 is 18.1 Å². The van der Waals surface area contributed by atoms with Crippen LogP contribution in [-0.4, -0.2) is 32.0 Å². The molecule has 160 valence electrons. The van der Waals surface area contributed by atoms with Crippen molar-refractivity contribution in [2.24, 2.45) is 0 Å². The highest BCUT2D eigenvalue weighted by atomic mass is 19.4. The van der Waals surface area contributed by atoms with Gasteiger partial charge in [0.15, 0.2) is 0 Å². The predicted octanol–water partition coefficient (Wildman–Crippen LogP) is 3.99. The number of aryl methyl sites for hydroxylation is 1. The van der Waals surface area contributed by atoms with Crippen LogP contribution >= 0.6 is 0 Å². The van der Waals surface area contributed by atoms with Crippen LogP contribution in [0.3, 0.4) is 0 Å². The zero-order valence-electron chi connectivity index (χ0n) is 16.3. The molecule has 0 unspecified atom stereocenters. The number of nitrogens with one attached hydrogen (secondary N) is 1. The fourth-order valence-corrected chi connectivity index (χ4v) is 3.75. The Morgan fingerprint density at radius 1 is 1.10 bits per heavy atom. The van der Waals surface area contributed by atoms with Gasteiger partial charge < -0.3 is 10.1 Å². The van der Waals surface area contributed by atoms with Crippen molar-refractivity contribution in [3.05, 3.63) is 59.7 Å². The minimum atomic E-state index is -4.87. The van der Waals surface area contributed by atoms with Gasteiger partial charge in [0.1, 0.15) is 0 Å². The highest BCUT2D eigenvalue weighted by molar-refractivity contribution is 5.94. The first-order chi connectivity index (χ1) is 14.9. The summed E-state index contributed by atoms with van der Waals surface area (Å²) in [5.74, 6) is -0.647. The number of carbonyl (C=O) groups excluding carboxylic acids is 1. The lowest BCUT2D eigenvalue weighted by Crippen LogP contribution is -2.27. The number of amides is 1. The summed E-state index contributed by atoms with van der Waals surface area (Å²) in [7, 11) is 0. The predicted molar refractivity (Wildman–Crippen MR) is 103 cm³/mol. The molecule has 1 aliphatic carbocycles. The number of pyridine rings is 2. The molecule has 1 N–H and O–H groups in total. The van der Waals surface area contributed by atoms with Crippen LogP contribution in [0.4, 0.5) is 13.2 Å². The number of halogens is 3. The van der Waals surface area contributed by atoms with Gasteiger partial charge in [-0.05, 0) is 43.5 Å². The normalized spacial score (nSPS) is 18.0. The number of aromatic nitrogens is 4. The molecule has 2 aliphatic rings. The van der Waals surface area contributed by atoms with Crippen molar-refractivity contribution in [2.75, 3.05) is 0 Å². The van der Waals surface area contributed by atoms with Gasteiger partial charge in [-0.15, -0.1) is 13.2 Å². The SMILES string of the molecule is O=C(N[C@@H]1CCn2nc(-c3ccnc(C4CC4)c3)cc21)c1ccnc(OC(F)(F)F)c1. The quantitative estimate of drug-likeness (QED) is 0.663. The third-order valence-electron chi connectivity index (χ3n) is 5.39. The number of alkyl halides is 3. The van der Waals surface area contributed by atoms with Gasteiger partial charge in [0.25, 0.3) is 5.91 Å². The van der Waals surface area contributed by atoms with Gasteiger partial charge >= 0.3 is 6.36 Å². The summed E-state index contributed by atoms with van der Waals surface area (Å²) < 4.78 is 42.9. The average molecular weight is 429 g/mol. The molecular formula is C21H18F3N5O2. The maximum absolute atomic E-state index is 12.6. The molecule has 10 heteroatoms. The van der Waals surface area contributed by atoms with Crippen molar-refractivity contribution >= 4 is 5.91 Å². The van der Waals surface area contributed by atoms with Crippen LogP contribution in [0.15, 0.2) is 42.7 Å². The Kier molecular flexibility index (Phi) is 4.64. The lowest BCUT2D eigenvalue weighted by atomic mass is 10.1. The second kappa shape index (κ2) is 7.36. The summed E-state index contributed by atoms with van der Waals surface area (Å²) in [6.45, 7) is 0.639. The highest BCUT2D eigenvalue weighted by Gasteiger charge is 2.32. The lowest BCUT2D eigenvalue weighted by molar-refractivity contribution is -0.276. The van der Waals surface area contributed by atoms with Crippen LogP contribution in [0.5, 0.6) is 5.88 Å². The minimum absolute atomic E-state index is 0.0376. The summed E-state index contributed by atoms with van der Waals surface area (Å²) in [4.78, 5) is 20.5. The maximum atomic E-state index is 12.6. The number of ether oxygens (including phenoxy) is 1. The van der Waals surface area contributed by atoms with Crippen LogP contribution in [0.25, 0.3) is 11.3 Å². The third kappa shape index (κ3) is 4.23. The summed E-state index contributed by atoms with van der Waals surface area (Å²) in [6, 6.07) is 7.93. The number of rotatable bonds is 5. The zero-order valence-corrected chi connectivity index (χ0v) is 16.3. The minimum Gasteiger partial charge on any atom is -0.388 e. The number of fused-ring (bicyclic) bond motifs is 1. The fraction of sp³-hybridized carbons (Fsp3) is 0.333. The monoisotopic (exact) mass is 429 g/mol. The Morgan fingerprint density at radius 2 is 1.90 bits per heavy atom. The smallest absolute Gasteiger partial charge is 0.388 e. The first-order valence-corrected chi connectivity index (χ1v) is 9.92. The Labute approximate surface area is 175 Å². The molecule has 1 fully saturated rings. The van der Waals surface area contributed by atoms with Crippen LogP contribution in [-0.2, 0) is 6.54 Å². The van der Waals surface area contributed by atoms with Gasteiger partial charge in [-0.25, -0.2) is 4.98 Å². The van der Waals surface area contributed by atoms with E-state index in [1.54, 1.807) is 6.20 Å². The van der Waals surface area contributed by atoms with Crippen LogP contribution in [0.1, 0.15) is 53.0 Å². The number of nitrogens with zero attached hydrogens (tertiary/aromatic N) is 4. The van der Waals surface area contributed by atoms with Crippen LogP contribution in [0, 0.1) is 0 Å². The Hall–Kier alpha value is -3.43. The molecule has 4 heterocycles. The molecule has 5 rings (SSSR count). The molecule has 0 bridgehead atoms. The van der Waals surface area contributed by atoms with Crippen LogP contribution < -0.4 is 10.1 Å². The van der Waals surface area contributed by atoms with E-state index in [4.69, 9.17) is 0 Å². The summed E-state index contributed by atoms with van der Waals surface area (Å²) >= 11 is 0. The lowest BCUT2D eigenvalue weighted by Gasteiger charge is -2.13. The Morgan fingerprint density at radius 3 is 2.68 bits per heavy atom. The first kappa shape index (κ1) is 19.5. The van der Waals surface area contributed by atoms with Crippen molar-refractivity contribution in [3.63, 3.8) is 0 Å².